The number of thioether (sulfide) groups is 1. The summed E-state index contributed by atoms with van der Waals surface area (Å²) in [6.07, 6.45) is 0. The Balaban J connectivity index is 1.44. The van der Waals surface area contributed by atoms with Crippen molar-refractivity contribution in [2.24, 2.45) is 0 Å². The van der Waals surface area contributed by atoms with Gasteiger partial charge in [0.2, 0.25) is 5.91 Å². The molecule has 4 rings (SSSR count). The summed E-state index contributed by atoms with van der Waals surface area (Å²) >= 11 is 1.20. The van der Waals surface area contributed by atoms with E-state index in [9.17, 15) is 14.0 Å². The third-order valence-electron chi connectivity index (χ3n) is 5.58. The van der Waals surface area contributed by atoms with Gasteiger partial charge in [-0.2, -0.15) is 0 Å². The first kappa shape index (κ1) is 25.9. The number of aryl methyl sites for hydroxylation is 1. The molecule has 2 N–H and O–H groups in total. The van der Waals surface area contributed by atoms with Crippen LogP contribution in [-0.4, -0.2) is 39.4 Å². The summed E-state index contributed by atoms with van der Waals surface area (Å²) in [5.74, 6) is -0.0235. The van der Waals surface area contributed by atoms with Crippen LogP contribution < -0.4 is 15.4 Å². The highest BCUT2D eigenvalue weighted by atomic mass is 32.2. The maximum Gasteiger partial charge on any atom is 0.255 e. The zero-order chi connectivity index (χ0) is 26.4. The Morgan fingerprint density at radius 3 is 2.43 bits per heavy atom. The standard InChI is InChI=1S/C27H26FN5O3S/c1-4-33-25(19-12-8-9-13-20(19)28)31-32-27(33)37-16-24(34)29-22-14-17(2)21(15-23(22)36-3)30-26(35)18-10-6-5-7-11-18/h5-15H,4,16H2,1-3H3,(H,29,34)(H,30,35). The Hall–Kier alpha value is -4.18. The average molecular weight is 520 g/mol. The summed E-state index contributed by atoms with van der Waals surface area (Å²) in [5, 5.41) is 14.5. The summed E-state index contributed by atoms with van der Waals surface area (Å²) in [6, 6.07) is 18.7. The molecule has 4 aromatic rings. The third kappa shape index (κ3) is 5.97. The first-order valence-electron chi connectivity index (χ1n) is 11.6. The van der Waals surface area contributed by atoms with Gasteiger partial charge >= 0.3 is 0 Å². The number of nitrogens with one attached hydrogen (secondary N) is 2. The molecule has 0 saturated carbocycles. The van der Waals surface area contributed by atoms with Gasteiger partial charge in [0.25, 0.3) is 5.91 Å². The molecule has 1 heterocycles. The van der Waals surface area contributed by atoms with Gasteiger partial charge in [-0.25, -0.2) is 4.39 Å². The van der Waals surface area contributed by atoms with Gasteiger partial charge in [0.1, 0.15) is 11.6 Å². The minimum Gasteiger partial charge on any atom is -0.494 e. The van der Waals surface area contributed by atoms with E-state index in [4.69, 9.17) is 4.74 Å². The highest BCUT2D eigenvalue weighted by Crippen LogP contribution is 2.32. The fraction of sp³-hybridized carbons (Fsp3) is 0.185. The van der Waals surface area contributed by atoms with E-state index < -0.39 is 0 Å². The number of methoxy groups -OCH3 is 1. The molecule has 0 radical (unpaired) electrons. The van der Waals surface area contributed by atoms with Crippen molar-refractivity contribution < 1.29 is 18.7 Å². The molecule has 190 valence electrons. The maximum atomic E-state index is 14.3. The van der Waals surface area contributed by atoms with Gasteiger partial charge in [0, 0.05) is 23.9 Å². The SMILES string of the molecule is CCn1c(SCC(=O)Nc2cc(C)c(NC(=O)c3ccccc3)cc2OC)nnc1-c1ccccc1F. The molecule has 1 aromatic heterocycles. The fourth-order valence-electron chi connectivity index (χ4n) is 3.71. The lowest BCUT2D eigenvalue weighted by atomic mass is 10.1. The molecule has 3 aromatic carbocycles. The number of carbonyl (C=O) groups is 2. The van der Waals surface area contributed by atoms with E-state index in [0.29, 0.717) is 45.8 Å². The minimum atomic E-state index is -0.384. The van der Waals surface area contributed by atoms with Gasteiger partial charge in [-0.15, -0.1) is 10.2 Å². The molecular weight excluding hydrogens is 493 g/mol. The van der Waals surface area contributed by atoms with Crippen LogP contribution >= 0.6 is 11.8 Å². The van der Waals surface area contributed by atoms with Gasteiger partial charge in [-0.1, -0.05) is 42.1 Å². The van der Waals surface area contributed by atoms with E-state index in [1.165, 1.54) is 24.9 Å². The van der Waals surface area contributed by atoms with E-state index in [2.05, 4.69) is 20.8 Å². The Morgan fingerprint density at radius 1 is 1.00 bits per heavy atom. The first-order chi connectivity index (χ1) is 17.9. The van der Waals surface area contributed by atoms with Crippen molar-refractivity contribution in [1.82, 2.24) is 14.8 Å². The van der Waals surface area contributed by atoms with Gasteiger partial charge in [-0.05, 0) is 49.7 Å². The largest absolute Gasteiger partial charge is 0.494 e. The third-order valence-corrected chi connectivity index (χ3v) is 6.55. The molecule has 0 spiro atoms. The lowest BCUT2D eigenvalue weighted by molar-refractivity contribution is -0.113. The molecule has 0 aliphatic carbocycles. The number of hydrogen-bond acceptors (Lipinski definition) is 6. The number of hydrogen-bond donors (Lipinski definition) is 2. The van der Waals surface area contributed by atoms with Crippen LogP contribution in [0.5, 0.6) is 5.75 Å². The molecule has 10 heteroatoms. The number of nitrogens with zero attached hydrogens (tertiary/aromatic N) is 3. The lowest BCUT2D eigenvalue weighted by Gasteiger charge is -2.15. The molecule has 0 saturated heterocycles. The van der Waals surface area contributed by atoms with Crippen molar-refractivity contribution in [3.63, 3.8) is 0 Å². The predicted octanol–water partition coefficient (Wildman–Crippen LogP) is 5.40. The molecule has 0 bridgehead atoms. The second kappa shape index (κ2) is 11.7. The molecule has 37 heavy (non-hydrogen) atoms. The van der Waals surface area contributed by atoms with Gasteiger partial charge in [0.05, 0.1) is 24.1 Å². The first-order valence-corrected chi connectivity index (χ1v) is 12.6. The molecular formula is C27H26FN5O3S. The Kier molecular flexibility index (Phi) is 8.19. The van der Waals surface area contributed by atoms with Crippen molar-refractivity contribution in [3.05, 3.63) is 83.7 Å². The average Bonchev–Trinajstić information content (AvgIpc) is 3.32. The van der Waals surface area contributed by atoms with E-state index in [1.54, 1.807) is 59.2 Å². The lowest BCUT2D eigenvalue weighted by Crippen LogP contribution is -2.16. The summed E-state index contributed by atoms with van der Waals surface area (Å²) < 4.78 is 21.5. The molecule has 0 atom stereocenters. The normalized spacial score (nSPS) is 10.7. The minimum absolute atomic E-state index is 0.0596. The van der Waals surface area contributed by atoms with Crippen molar-refractivity contribution in [1.29, 1.82) is 0 Å². The number of amides is 2. The summed E-state index contributed by atoms with van der Waals surface area (Å²) in [6.45, 7) is 4.26. The quantitative estimate of drug-likeness (QED) is 0.287. The number of aromatic nitrogens is 3. The van der Waals surface area contributed by atoms with E-state index in [0.717, 1.165) is 5.56 Å². The van der Waals surface area contributed by atoms with Crippen molar-refractivity contribution in [3.8, 4) is 17.1 Å². The van der Waals surface area contributed by atoms with Crippen molar-refractivity contribution >= 4 is 35.0 Å². The van der Waals surface area contributed by atoms with Gasteiger partial charge in [0.15, 0.2) is 11.0 Å². The number of halogens is 1. The van der Waals surface area contributed by atoms with Gasteiger partial charge in [-0.3, -0.25) is 9.59 Å². The van der Waals surface area contributed by atoms with Crippen LogP contribution in [0.2, 0.25) is 0 Å². The Bertz CT molecular complexity index is 1430. The number of rotatable bonds is 9. The maximum absolute atomic E-state index is 14.3. The molecule has 0 aliphatic heterocycles. The summed E-state index contributed by atoms with van der Waals surface area (Å²) in [4.78, 5) is 25.3. The monoisotopic (exact) mass is 519 g/mol. The van der Waals surface area contributed by atoms with Crippen LogP contribution in [0.4, 0.5) is 15.8 Å². The van der Waals surface area contributed by atoms with Crippen LogP contribution in [0.25, 0.3) is 11.4 Å². The topological polar surface area (TPSA) is 98.1 Å². The van der Waals surface area contributed by atoms with E-state index in [-0.39, 0.29) is 23.4 Å². The highest BCUT2D eigenvalue weighted by molar-refractivity contribution is 7.99. The molecule has 0 fully saturated rings. The summed E-state index contributed by atoms with van der Waals surface area (Å²) in [5.41, 5.74) is 2.71. The number of carbonyl (C=O) groups excluding carboxylic acids is 2. The molecule has 0 aliphatic rings. The highest BCUT2D eigenvalue weighted by Gasteiger charge is 2.18. The Morgan fingerprint density at radius 2 is 1.73 bits per heavy atom. The molecule has 8 nitrogen and oxygen atoms in total. The van der Waals surface area contributed by atoms with E-state index >= 15 is 0 Å². The van der Waals surface area contributed by atoms with Crippen LogP contribution in [0.15, 0.2) is 71.9 Å². The van der Waals surface area contributed by atoms with Crippen molar-refractivity contribution in [2.75, 3.05) is 23.5 Å². The second-order valence-corrected chi connectivity index (χ2v) is 9.00. The number of benzene rings is 3. The zero-order valence-electron chi connectivity index (χ0n) is 20.6. The zero-order valence-corrected chi connectivity index (χ0v) is 21.4. The van der Waals surface area contributed by atoms with Crippen LogP contribution in [0, 0.1) is 12.7 Å². The van der Waals surface area contributed by atoms with Crippen LogP contribution in [-0.2, 0) is 11.3 Å². The number of ether oxygens (including phenoxy) is 1. The second-order valence-electron chi connectivity index (χ2n) is 8.05. The van der Waals surface area contributed by atoms with Crippen molar-refractivity contribution in [2.45, 2.75) is 25.5 Å². The smallest absolute Gasteiger partial charge is 0.255 e. The Labute approximate surface area is 218 Å². The van der Waals surface area contributed by atoms with Crippen LogP contribution in [0.1, 0.15) is 22.8 Å². The predicted molar refractivity (Wildman–Crippen MR) is 143 cm³/mol. The molecule has 2 amide bonds. The van der Waals surface area contributed by atoms with Crippen LogP contribution in [0.3, 0.4) is 0 Å². The van der Waals surface area contributed by atoms with Gasteiger partial charge < -0.3 is 19.9 Å². The summed E-state index contributed by atoms with van der Waals surface area (Å²) in [7, 11) is 1.49. The van der Waals surface area contributed by atoms with E-state index in [1.807, 2.05) is 19.9 Å². The fourth-order valence-corrected chi connectivity index (χ4v) is 4.51. The number of anilines is 2. The molecule has 0 unspecified atom stereocenters.